The molecule has 0 aromatic heterocycles. The molecule has 2 N–H and O–H groups in total. The zero-order valence-corrected chi connectivity index (χ0v) is 11.9. The van der Waals surface area contributed by atoms with E-state index in [2.05, 4.69) is 11.9 Å². The Bertz CT molecular complexity index is 393. The van der Waals surface area contributed by atoms with Gasteiger partial charge in [-0.25, -0.2) is 0 Å². The van der Waals surface area contributed by atoms with Crippen LogP contribution in [0.15, 0.2) is 24.3 Å². The zero-order valence-electron chi connectivity index (χ0n) is 11.9. The zero-order chi connectivity index (χ0) is 14.4. The Morgan fingerprint density at radius 2 is 2.10 bits per heavy atom. The Morgan fingerprint density at radius 1 is 1.35 bits per heavy atom. The smallest absolute Gasteiger partial charge is 0.488 e. The SMILES string of the molecule is CN(CCOc1ccc(B(O)O)cc1)CC1CCCO1. The summed E-state index contributed by atoms with van der Waals surface area (Å²) in [5.74, 6) is 0.736. The third-order valence-electron chi connectivity index (χ3n) is 3.46. The van der Waals surface area contributed by atoms with E-state index in [-0.39, 0.29) is 0 Å². The van der Waals surface area contributed by atoms with E-state index >= 15 is 0 Å². The molecular formula is C14H22BNO4. The van der Waals surface area contributed by atoms with Gasteiger partial charge in [0.2, 0.25) is 0 Å². The number of nitrogens with zero attached hydrogens (tertiary/aromatic N) is 1. The lowest BCUT2D eigenvalue weighted by Crippen LogP contribution is -2.32. The molecule has 0 bridgehead atoms. The molecule has 110 valence electrons. The van der Waals surface area contributed by atoms with Gasteiger partial charge in [0.1, 0.15) is 12.4 Å². The van der Waals surface area contributed by atoms with Crippen molar-refractivity contribution in [2.75, 3.05) is 33.4 Å². The van der Waals surface area contributed by atoms with Crippen molar-refractivity contribution in [3.63, 3.8) is 0 Å². The van der Waals surface area contributed by atoms with Crippen molar-refractivity contribution in [2.24, 2.45) is 0 Å². The Morgan fingerprint density at radius 3 is 2.70 bits per heavy atom. The number of likely N-dealkylation sites (N-methyl/N-ethyl adjacent to an activating group) is 1. The lowest BCUT2D eigenvalue weighted by Gasteiger charge is -2.20. The van der Waals surface area contributed by atoms with E-state index in [0.717, 1.165) is 38.3 Å². The van der Waals surface area contributed by atoms with E-state index in [1.165, 1.54) is 0 Å². The van der Waals surface area contributed by atoms with Crippen LogP contribution in [-0.4, -0.2) is 61.5 Å². The second-order valence-electron chi connectivity index (χ2n) is 5.19. The van der Waals surface area contributed by atoms with Crippen LogP contribution < -0.4 is 10.2 Å². The molecule has 1 saturated heterocycles. The second-order valence-corrected chi connectivity index (χ2v) is 5.19. The predicted octanol–water partition coefficient (Wildman–Crippen LogP) is -0.144. The molecule has 1 aromatic rings. The summed E-state index contributed by atoms with van der Waals surface area (Å²) in [6.45, 7) is 3.27. The molecule has 0 saturated carbocycles. The minimum absolute atomic E-state index is 0.366. The fourth-order valence-corrected chi connectivity index (χ4v) is 2.28. The van der Waals surface area contributed by atoms with Crippen molar-refractivity contribution in [1.82, 2.24) is 4.90 Å². The van der Waals surface area contributed by atoms with Gasteiger partial charge >= 0.3 is 7.12 Å². The van der Waals surface area contributed by atoms with Crippen molar-refractivity contribution in [2.45, 2.75) is 18.9 Å². The molecule has 2 rings (SSSR count). The van der Waals surface area contributed by atoms with E-state index in [1.807, 2.05) is 0 Å². The standard InChI is InChI=1S/C14H22BNO4/c1-16(11-14-3-2-9-19-14)8-10-20-13-6-4-12(5-7-13)15(17)18/h4-7,14,17-18H,2-3,8-11H2,1H3. The number of benzene rings is 1. The number of ether oxygens (including phenoxy) is 2. The predicted molar refractivity (Wildman–Crippen MR) is 78.2 cm³/mol. The van der Waals surface area contributed by atoms with E-state index in [9.17, 15) is 0 Å². The molecule has 0 amide bonds. The molecule has 0 radical (unpaired) electrons. The fourth-order valence-electron chi connectivity index (χ4n) is 2.28. The Labute approximate surface area is 120 Å². The summed E-state index contributed by atoms with van der Waals surface area (Å²) in [7, 11) is 0.637. The molecule has 1 aliphatic heterocycles. The third-order valence-corrected chi connectivity index (χ3v) is 3.46. The molecule has 5 nitrogen and oxygen atoms in total. The lowest BCUT2D eigenvalue weighted by molar-refractivity contribution is 0.0771. The molecule has 1 fully saturated rings. The molecule has 20 heavy (non-hydrogen) atoms. The maximum atomic E-state index is 9.00. The summed E-state index contributed by atoms with van der Waals surface area (Å²) in [5.41, 5.74) is 0.466. The van der Waals surface area contributed by atoms with E-state index in [0.29, 0.717) is 18.2 Å². The number of hydrogen-bond donors (Lipinski definition) is 2. The summed E-state index contributed by atoms with van der Waals surface area (Å²) < 4.78 is 11.2. The van der Waals surface area contributed by atoms with Gasteiger partial charge in [0.15, 0.2) is 0 Å². The van der Waals surface area contributed by atoms with Crippen LogP contribution >= 0.6 is 0 Å². The van der Waals surface area contributed by atoms with Gasteiger partial charge in [-0.3, -0.25) is 0 Å². The van der Waals surface area contributed by atoms with Crippen molar-refractivity contribution >= 4 is 12.6 Å². The van der Waals surface area contributed by atoms with Gasteiger partial charge in [-0.2, -0.15) is 0 Å². The van der Waals surface area contributed by atoms with Crippen LogP contribution in [0.4, 0.5) is 0 Å². The van der Waals surface area contributed by atoms with Gasteiger partial charge < -0.3 is 24.4 Å². The van der Waals surface area contributed by atoms with Crippen molar-refractivity contribution in [3.8, 4) is 5.75 Å². The molecule has 0 aliphatic carbocycles. The van der Waals surface area contributed by atoms with Gasteiger partial charge in [0, 0.05) is 19.7 Å². The molecule has 6 heteroatoms. The fraction of sp³-hybridized carbons (Fsp3) is 0.571. The van der Waals surface area contributed by atoms with Crippen LogP contribution in [0.25, 0.3) is 0 Å². The highest BCUT2D eigenvalue weighted by molar-refractivity contribution is 6.58. The van der Waals surface area contributed by atoms with E-state index in [1.54, 1.807) is 24.3 Å². The van der Waals surface area contributed by atoms with Crippen molar-refractivity contribution < 1.29 is 19.5 Å². The highest BCUT2D eigenvalue weighted by Gasteiger charge is 2.17. The van der Waals surface area contributed by atoms with Gasteiger partial charge in [0.05, 0.1) is 6.10 Å². The van der Waals surface area contributed by atoms with E-state index in [4.69, 9.17) is 19.5 Å². The molecular weight excluding hydrogens is 257 g/mol. The molecule has 1 unspecified atom stereocenters. The topological polar surface area (TPSA) is 62.2 Å². The minimum Gasteiger partial charge on any atom is -0.492 e. The molecule has 1 aliphatic rings. The van der Waals surface area contributed by atoms with Crippen molar-refractivity contribution in [3.05, 3.63) is 24.3 Å². The summed E-state index contributed by atoms with van der Waals surface area (Å²) in [5, 5.41) is 18.0. The van der Waals surface area contributed by atoms with Gasteiger partial charge in [-0.1, -0.05) is 12.1 Å². The average molecular weight is 279 g/mol. The summed E-state index contributed by atoms with van der Waals surface area (Å²) in [4.78, 5) is 2.21. The van der Waals surface area contributed by atoms with Gasteiger partial charge in [-0.15, -0.1) is 0 Å². The largest absolute Gasteiger partial charge is 0.492 e. The van der Waals surface area contributed by atoms with Gasteiger partial charge in [-0.05, 0) is 37.5 Å². The highest BCUT2D eigenvalue weighted by atomic mass is 16.5. The van der Waals surface area contributed by atoms with Crippen LogP contribution in [0.2, 0.25) is 0 Å². The average Bonchev–Trinajstić information content (AvgIpc) is 2.92. The third kappa shape index (κ3) is 4.79. The molecule has 1 heterocycles. The monoisotopic (exact) mass is 279 g/mol. The maximum absolute atomic E-state index is 9.00. The molecule has 1 atom stereocenters. The molecule has 0 spiro atoms. The van der Waals surface area contributed by atoms with Crippen LogP contribution in [0.5, 0.6) is 5.75 Å². The maximum Gasteiger partial charge on any atom is 0.488 e. The first-order valence-electron chi connectivity index (χ1n) is 7.04. The Hall–Kier alpha value is -1.08. The minimum atomic E-state index is -1.43. The number of rotatable bonds is 7. The first-order valence-corrected chi connectivity index (χ1v) is 7.04. The van der Waals surface area contributed by atoms with Crippen LogP contribution in [0, 0.1) is 0 Å². The molecule has 1 aromatic carbocycles. The summed E-state index contributed by atoms with van der Waals surface area (Å²) >= 11 is 0. The highest BCUT2D eigenvalue weighted by Crippen LogP contribution is 2.13. The van der Waals surface area contributed by atoms with Gasteiger partial charge in [0.25, 0.3) is 0 Å². The Kier molecular flexibility index (Phi) is 5.85. The van der Waals surface area contributed by atoms with Crippen LogP contribution in [-0.2, 0) is 4.74 Å². The first kappa shape index (κ1) is 15.3. The normalized spacial score (nSPS) is 18.5. The van der Waals surface area contributed by atoms with Crippen molar-refractivity contribution in [1.29, 1.82) is 0 Å². The summed E-state index contributed by atoms with van der Waals surface area (Å²) in [6.07, 6.45) is 2.68. The quantitative estimate of drug-likeness (QED) is 0.680. The lowest BCUT2D eigenvalue weighted by atomic mass is 9.80. The van der Waals surface area contributed by atoms with Crippen LogP contribution in [0.1, 0.15) is 12.8 Å². The second kappa shape index (κ2) is 7.64. The summed E-state index contributed by atoms with van der Waals surface area (Å²) in [6, 6.07) is 6.79. The van der Waals surface area contributed by atoms with Crippen LogP contribution in [0.3, 0.4) is 0 Å². The first-order chi connectivity index (χ1) is 9.65. The Balaban J connectivity index is 1.66. The number of hydrogen-bond acceptors (Lipinski definition) is 5. The van der Waals surface area contributed by atoms with E-state index < -0.39 is 7.12 Å².